The number of ether oxygens (including phenoxy) is 1. The molecule has 0 bridgehead atoms. The van der Waals surface area contributed by atoms with Crippen LogP contribution in [0.1, 0.15) is 54.5 Å². The van der Waals surface area contributed by atoms with Crippen LogP contribution in [0.2, 0.25) is 5.02 Å². The molecule has 1 aromatic heterocycles. The van der Waals surface area contributed by atoms with E-state index in [1.54, 1.807) is 0 Å². The molecule has 1 aliphatic heterocycles. The van der Waals surface area contributed by atoms with E-state index in [2.05, 4.69) is 40.3 Å². The van der Waals surface area contributed by atoms with Gasteiger partial charge in [0.1, 0.15) is 6.23 Å². The van der Waals surface area contributed by atoms with Crippen LogP contribution in [-0.4, -0.2) is 39.2 Å². The number of amides is 1. The van der Waals surface area contributed by atoms with Crippen LogP contribution in [0.15, 0.2) is 48.7 Å². The molecule has 5 nitrogen and oxygen atoms in total. The van der Waals surface area contributed by atoms with Gasteiger partial charge in [-0.2, -0.15) is 0 Å². The van der Waals surface area contributed by atoms with E-state index in [0.717, 1.165) is 28.8 Å². The zero-order valence-corrected chi connectivity index (χ0v) is 20.9. The molecule has 3 aromatic rings. The number of halogens is 3. The molecule has 1 aliphatic carbocycles. The third kappa shape index (κ3) is 5.24. The van der Waals surface area contributed by atoms with Gasteiger partial charge in [-0.3, -0.25) is 4.79 Å². The molecule has 34 heavy (non-hydrogen) atoms. The average Bonchev–Trinajstić information content (AvgIpc) is 3.60. The Kier molecular flexibility index (Phi) is 7.10. The third-order valence-electron chi connectivity index (χ3n) is 6.68. The van der Waals surface area contributed by atoms with Crippen LogP contribution in [0.5, 0.6) is 0 Å². The average molecular weight is 522 g/mol. The van der Waals surface area contributed by atoms with Crippen molar-refractivity contribution in [3.63, 3.8) is 0 Å². The van der Waals surface area contributed by atoms with E-state index in [1.807, 2.05) is 18.2 Å². The zero-order valence-electron chi connectivity index (χ0n) is 18.6. The lowest BCUT2D eigenvalue weighted by Crippen LogP contribution is -2.42. The van der Waals surface area contributed by atoms with Crippen LogP contribution in [0.3, 0.4) is 0 Å². The number of aromatic nitrogens is 1. The number of benzene rings is 2. The molecule has 0 spiro atoms. The first-order valence-electron chi connectivity index (χ1n) is 11.6. The molecule has 1 amide bonds. The van der Waals surface area contributed by atoms with Gasteiger partial charge in [-0.05, 0) is 54.0 Å². The minimum atomic E-state index is -1.14. The van der Waals surface area contributed by atoms with Crippen LogP contribution in [-0.2, 0) is 16.0 Å². The maximum Gasteiger partial charge on any atom is 0.253 e. The van der Waals surface area contributed by atoms with E-state index >= 15 is 0 Å². The third-order valence-corrected chi connectivity index (χ3v) is 7.39. The molecule has 0 unspecified atom stereocenters. The van der Waals surface area contributed by atoms with Crippen molar-refractivity contribution in [2.75, 3.05) is 6.54 Å². The maximum absolute atomic E-state index is 11.8. The Balaban J connectivity index is 1.40. The van der Waals surface area contributed by atoms with E-state index in [1.165, 1.54) is 24.0 Å². The Labute approximate surface area is 213 Å². The van der Waals surface area contributed by atoms with E-state index in [4.69, 9.17) is 39.5 Å². The Morgan fingerprint density at radius 1 is 1.15 bits per heavy atom. The molecule has 5 rings (SSSR count). The quantitative estimate of drug-likeness (QED) is 0.391. The molecule has 2 aliphatic rings. The Morgan fingerprint density at radius 2 is 1.91 bits per heavy atom. The monoisotopic (exact) mass is 520 g/mol. The number of nitrogens with zero attached hydrogens (tertiary/aromatic N) is 1. The van der Waals surface area contributed by atoms with Gasteiger partial charge in [0.05, 0.1) is 22.7 Å². The minimum absolute atomic E-state index is 0.225. The molecule has 2 heterocycles. The molecule has 1 saturated heterocycles. The highest BCUT2D eigenvalue weighted by Gasteiger charge is 2.31. The highest BCUT2D eigenvalue weighted by molar-refractivity contribution is 6.53. The Morgan fingerprint density at radius 3 is 2.62 bits per heavy atom. The number of aliphatic hydroxyl groups excluding tert-OH is 1. The number of aliphatic hydroxyl groups is 1. The summed E-state index contributed by atoms with van der Waals surface area (Å²) in [7, 11) is 0. The fourth-order valence-electron chi connectivity index (χ4n) is 4.83. The highest BCUT2D eigenvalue weighted by atomic mass is 35.5. The number of fused-ring (bicyclic) bond motifs is 1. The standard InChI is InChI=1S/C26H27Cl3N2O3/c27-21-2-1-3-22-24(21)18(10-15-4-6-16(7-5-15)17-8-9-17)14-31(22)23-12-19(32)11-20(34-23)13-30-26(33)25(28)29/h1-7,14,17,19-20,23,25,32H,8-13H2,(H,30,33)/t19-,20-,23+/m0/s1. The van der Waals surface area contributed by atoms with Gasteiger partial charge < -0.3 is 19.7 Å². The van der Waals surface area contributed by atoms with Crippen molar-refractivity contribution in [1.29, 1.82) is 0 Å². The zero-order chi connectivity index (χ0) is 23.8. The summed E-state index contributed by atoms with van der Waals surface area (Å²) in [4.78, 5) is 10.6. The van der Waals surface area contributed by atoms with Crippen molar-refractivity contribution in [2.24, 2.45) is 0 Å². The molecule has 1 saturated carbocycles. The predicted octanol–water partition coefficient (Wildman–Crippen LogP) is 5.72. The fraction of sp³-hybridized carbons (Fsp3) is 0.423. The van der Waals surface area contributed by atoms with Crippen LogP contribution in [0.25, 0.3) is 10.9 Å². The molecular weight excluding hydrogens is 495 g/mol. The second-order valence-electron chi connectivity index (χ2n) is 9.27. The van der Waals surface area contributed by atoms with Crippen molar-refractivity contribution >= 4 is 51.6 Å². The van der Waals surface area contributed by atoms with E-state index < -0.39 is 16.8 Å². The largest absolute Gasteiger partial charge is 0.393 e. The summed E-state index contributed by atoms with van der Waals surface area (Å²) >= 11 is 17.9. The fourth-order valence-corrected chi connectivity index (χ4v) is 5.28. The SMILES string of the molecule is O=C(NC[C@@H]1C[C@H](O)C[C@H](n2cc(Cc3ccc(C4CC4)cc3)c3c(Cl)cccc32)O1)C(Cl)Cl. The summed E-state index contributed by atoms with van der Waals surface area (Å²) in [6.07, 6.45) is 4.98. The number of hydrogen-bond acceptors (Lipinski definition) is 3. The van der Waals surface area contributed by atoms with Crippen molar-refractivity contribution < 1.29 is 14.6 Å². The number of carbonyl (C=O) groups is 1. The van der Waals surface area contributed by atoms with E-state index in [0.29, 0.717) is 17.9 Å². The topological polar surface area (TPSA) is 63.5 Å². The van der Waals surface area contributed by atoms with Gasteiger partial charge in [-0.25, -0.2) is 0 Å². The molecule has 3 atom stereocenters. The summed E-state index contributed by atoms with van der Waals surface area (Å²) in [6.45, 7) is 0.225. The lowest BCUT2D eigenvalue weighted by Gasteiger charge is -2.34. The molecule has 2 fully saturated rings. The van der Waals surface area contributed by atoms with Crippen LogP contribution >= 0.6 is 34.8 Å². The molecule has 0 radical (unpaired) electrons. The van der Waals surface area contributed by atoms with Gasteiger partial charge in [0.25, 0.3) is 5.91 Å². The van der Waals surface area contributed by atoms with Gasteiger partial charge in [0, 0.05) is 31.0 Å². The summed E-state index contributed by atoms with van der Waals surface area (Å²) in [5.74, 6) is 0.259. The molecular formula is C26H27Cl3N2O3. The summed E-state index contributed by atoms with van der Waals surface area (Å²) in [5.41, 5.74) is 4.72. The number of rotatable bonds is 7. The summed E-state index contributed by atoms with van der Waals surface area (Å²) in [5, 5.41) is 14.9. The van der Waals surface area contributed by atoms with Crippen molar-refractivity contribution in [3.8, 4) is 0 Å². The van der Waals surface area contributed by atoms with Crippen LogP contribution in [0.4, 0.5) is 0 Å². The number of hydrogen-bond donors (Lipinski definition) is 2. The van der Waals surface area contributed by atoms with E-state index in [9.17, 15) is 9.90 Å². The van der Waals surface area contributed by atoms with Crippen LogP contribution < -0.4 is 5.32 Å². The van der Waals surface area contributed by atoms with Gasteiger partial charge in [0.2, 0.25) is 0 Å². The number of carbonyl (C=O) groups excluding carboxylic acids is 1. The van der Waals surface area contributed by atoms with Gasteiger partial charge >= 0.3 is 0 Å². The number of alkyl halides is 2. The Hall–Kier alpha value is -1.76. The predicted molar refractivity (Wildman–Crippen MR) is 136 cm³/mol. The maximum atomic E-state index is 11.8. The lowest BCUT2D eigenvalue weighted by atomic mass is 10.0. The minimum Gasteiger partial charge on any atom is -0.393 e. The second kappa shape index (κ2) is 10.1. The van der Waals surface area contributed by atoms with Crippen molar-refractivity contribution in [2.45, 2.75) is 61.3 Å². The van der Waals surface area contributed by atoms with E-state index in [-0.39, 0.29) is 18.9 Å². The first-order valence-corrected chi connectivity index (χ1v) is 12.9. The molecule has 180 valence electrons. The normalized spacial score (nSPS) is 22.9. The second-order valence-corrected chi connectivity index (χ2v) is 10.8. The lowest BCUT2D eigenvalue weighted by molar-refractivity contribution is -0.132. The molecule has 2 N–H and O–H groups in total. The first kappa shape index (κ1) is 24.0. The van der Waals surface area contributed by atoms with Crippen molar-refractivity contribution in [1.82, 2.24) is 9.88 Å². The Bertz CT molecular complexity index is 1170. The summed E-state index contributed by atoms with van der Waals surface area (Å²) in [6, 6.07) is 14.7. The number of nitrogens with one attached hydrogen (secondary N) is 1. The van der Waals surface area contributed by atoms with Crippen LogP contribution in [0, 0.1) is 0 Å². The van der Waals surface area contributed by atoms with Gasteiger partial charge in [0.15, 0.2) is 4.84 Å². The molecule has 2 aromatic carbocycles. The van der Waals surface area contributed by atoms with Gasteiger partial charge in [-0.1, -0.05) is 65.1 Å². The molecule has 8 heteroatoms. The smallest absolute Gasteiger partial charge is 0.253 e. The first-order chi connectivity index (χ1) is 16.4. The van der Waals surface area contributed by atoms with Gasteiger partial charge in [-0.15, -0.1) is 0 Å². The van der Waals surface area contributed by atoms with Crippen molar-refractivity contribution in [3.05, 3.63) is 70.4 Å². The summed E-state index contributed by atoms with van der Waals surface area (Å²) < 4.78 is 8.35. The highest BCUT2D eigenvalue weighted by Crippen LogP contribution is 2.40.